The van der Waals surface area contributed by atoms with Gasteiger partial charge in [0.2, 0.25) is 23.4 Å². The van der Waals surface area contributed by atoms with Gasteiger partial charge in [0.15, 0.2) is 23.0 Å². The van der Waals surface area contributed by atoms with Gasteiger partial charge in [0.05, 0.1) is 5.56 Å². The van der Waals surface area contributed by atoms with Crippen molar-refractivity contribution in [2.24, 2.45) is 0 Å². The predicted molar refractivity (Wildman–Crippen MR) is 137 cm³/mol. The number of nitrogens with zero attached hydrogens (tertiary/aromatic N) is 1. The van der Waals surface area contributed by atoms with Gasteiger partial charge < -0.3 is 29.5 Å². The Kier molecular flexibility index (Phi) is 9.29. The Hall–Kier alpha value is -3.31. The SMILES string of the molecule is CSc1ccc(Cc2c(O[C@@H]3O[C@H](COC(C)=O)[C@](O)(C(C)=O)[C@@](O)(C(C)=O)[C@]3(O)C(C)=O)n[nH]c2C(F)(F)F)cc1. The number of aliphatic hydroxyl groups is 3. The van der Waals surface area contributed by atoms with Crippen LogP contribution in [0, 0.1) is 0 Å². The lowest BCUT2D eigenvalue weighted by Gasteiger charge is -2.56. The monoisotopic (exact) mass is 618 g/mol. The Morgan fingerprint density at radius 1 is 1.00 bits per heavy atom. The molecule has 0 amide bonds. The van der Waals surface area contributed by atoms with Gasteiger partial charge >= 0.3 is 12.1 Å². The highest BCUT2D eigenvalue weighted by molar-refractivity contribution is 7.98. The topological polar surface area (TPSA) is 185 Å². The summed E-state index contributed by atoms with van der Waals surface area (Å²) in [5.74, 6) is -6.13. The van der Waals surface area contributed by atoms with Crippen molar-refractivity contribution in [3.63, 3.8) is 0 Å². The zero-order valence-electron chi connectivity index (χ0n) is 23.1. The van der Waals surface area contributed by atoms with Crippen LogP contribution < -0.4 is 4.74 Å². The Bertz CT molecular complexity index is 1380. The van der Waals surface area contributed by atoms with Crippen molar-refractivity contribution in [2.45, 2.75) is 74.4 Å². The number of alkyl halides is 3. The molecule has 1 aromatic heterocycles. The minimum Gasteiger partial charge on any atom is -0.463 e. The Balaban J connectivity index is 2.21. The molecular formula is C26H29F3N2O10S. The highest BCUT2D eigenvalue weighted by atomic mass is 32.2. The lowest BCUT2D eigenvalue weighted by atomic mass is 9.61. The molecule has 1 aliphatic rings. The number of halogens is 3. The maximum Gasteiger partial charge on any atom is 0.433 e. The minimum absolute atomic E-state index is 0.384. The summed E-state index contributed by atoms with van der Waals surface area (Å²) in [5.41, 5.74) is -12.2. The standard InChI is InChI=1S/C26H29F3N2O10S/c1-12(32)23(36)19(11-39-15(4)35)40-22(24(37,13(2)33)25(23,38)14(3)34)41-21-18(20(30-31-21)26(27,28)29)10-16-6-8-17(42-5)9-7-16/h6-9,19,22,36-38H,10-11H2,1-5H3,(H,30,31)/t19-,22+,23-,24+,25+/m1/s1. The molecule has 230 valence electrons. The number of aromatic amines is 1. The molecule has 0 spiro atoms. The molecule has 5 atom stereocenters. The zero-order valence-corrected chi connectivity index (χ0v) is 23.9. The van der Waals surface area contributed by atoms with E-state index < -0.39 is 88.9 Å². The molecule has 0 unspecified atom stereocenters. The summed E-state index contributed by atoms with van der Waals surface area (Å²) in [7, 11) is 0. The summed E-state index contributed by atoms with van der Waals surface area (Å²) >= 11 is 1.41. The number of aromatic nitrogens is 2. The van der Waals surface area contributed by atoms with Crippen molar-refractivity contribution in [2.75, 3.05) is 12.9 Å². The summed E-state index contributed by atoms with van der Waals surface area (Å²) in [6.07, 6.45) is -8.29. The number of Topliss-reactive ketones (excluding diaryl/α,β-unsaturated/α-hetero) is 3. The fourth-order valence-electron chi connectivity index (χ4n) is 4.84. The highest BCUT2D eigenvalue weighted by Crippen LogP contribution is 2.48. The Labute approximate surface area is 241 Å². The van der Waals surface area contributed by atoms with Crippen molar-refractivity contribution < 1.29 is 61.9 Å². The number of H-pyrrole nitrogens is 1. The van der Waals surface area contributed by atoms with Crippen molar-refractivity contribution >= 4 is 35.1 Å². The average molecular weight is 619 g/mol. The van der Waals surface area contributed by atoms with E-state index in [-0.39, 0.29) is 0 Å². The number of hydrogen-bond acceptors (Lipinski definition) is 12. The molecule has 16 heteroatoms. The van der Waals surface area contributed by atoms with Crippen LogP contribution in [0.25, 0.3) is 0 Å². The van der Waals surface area contributed by atoms with Crippen LogP contribution in [0.15, 0.2) is 29.2 Å². The van der Waals surface area contributed by atoms with Crippen LogP contribution >= 0.6 is 11.8 Å². The molecule has 42 heavy (non-hydrogen) atoms. The van der Waals surface area contributed by atoms with Gasteiger partial charge in [-0.05, 0) is 44.7 Å². The quantitative estimate of drug-likeness (QED) is 0.222. The van der Waals surface area contributed by atoms with E-state index in [9.17, 15) is 47.7 Å². The van der Waals surface area contributed by atoms with Crippen LogP contribution in [0.5, 0.6) is 5.88 Å². The molecule has 2 heterocycles. The number of benzene rings is 1. The van der Waals surface area contributed by atoms with Gasteiger partial charge in [-0.25, -0.2) is 0 Å². The largest absolute Gasteiger partial charge is 0.463 e. The van der Waals surface area contributed by atoms with E-state index in [0.717, 1.165) is 11.8 Å². The first-order chi connectivity index (χ1) is 19.3. The third-order valence-electron chi connectivity index (χ3n) is 7.09. The summed E-state index contributed by atoms with van der Waals surface area (Å²) in [6, 6.07) is 6.45. The van der Waals surface area contributed by atoms with Crippen LogP contribution in [0.1, 0.15) is 44.5 Å². The fraction of sp³-hybridized carbons (Fsp3) is 0.500. The lowest BCUT2D eigenvalue weighted by Crippen LogP contribution is -2.86. The molecular weight excluding hydrogens is 589 g/mol. The van der Waals surface area contributed by atoms with E-state index in [0.29, 0.717) is 26.3 Å². The Morgan fingerprint density at radius 2 is 1.57 bits per heavy atom. The second-order valence-electron chi connectivity index (χ2n) is 9.69. The second-order valence-corrected chi connectivity index (χ2v) is 10.6. The highest BCUT2D eigenvalue weighted by Gasteiger charge is 2.79. The summed E-state index contributed by atoms with van der Waals surface area (Å²) in [6.45, 7) is 1.97. The molecule has 0 saturated carbocycles. The average Bonchev–Trinajstić information content (AvgIpc) is 3.30. The van der Waals surface area contributed by atoms with Gasteiger partial charge in [-0.1, -0.05) is 12.1 Å². The van der Waals surface area contributed by atoms with Crippen molar-refractivity contribution in [1.29, 1.82) is 0 Å². The van der Waals surface area contributed by atoms with E-state index in [1.807, 2.05) is 6.26 Å². The third-order valence-corrected chi connectivity index (χ3v) is 7.83. The van der Waals surface area contributed by atoms with Crippen molar-refractivity contribution in [3.8, 4) is 5.88 Å². The van der Waals surface area contributed by atoms with E-state index >= 15 is 0 Å². The van der Waals surface area contributed by atoms with E-state index in [4.69, 9.17) is 14.2 Å². The van der Waals surface area contributed by atoms with Crippen LogP contribution in [-0.2, 0) is 41.2 Å². The predicted octanol–water partition coefficient (Wildman–Crippen LogP) is 1.37. The molecule has 2 aromatic rings. The summed E-state index contributed by atoms with van der Waals surface area (Å²) < 4.78 is 57.6. The van der Waals surface area contributed by atoms with Gasteiger partial charge in [-0.15, -0.1) is 16.9 Å². The van der Waals surface area contributed by atoms with Crippen LogP contribution in [0.4, 0.5) is 13.2 Å². The first-order valence-electron chi connectivity index (χ1n) is 12.3. The first-order valence-corrected chi connectivity index (χ1v) is 13.5. The minimum atomic E-state index is -4.97. The maximum absolute atomic E-state index is 13.9. The van der Waals surface area contributed by atoms with E-state index in [2.05, 4.69) is 5.10 Å². The van der Waals surface area contributed by atoms with Gasteiger partial charge in [-0.3, -0.25) is 24.3 Å². The molecule has 0 bridgehead atoms. The van der Waals surface area contributed by atoms with Crippen molar-refractivity contribution in [3.05, 3.63) is 41.1 Å². The number of thioether (sulfide) groups is 1. The van der Waals surface area contributed by atoms with Gasteiger partial charge in [0.25, 0.3) is 0 Å². The number of ketones is 3. The molecule has 12 nitrogen and oxygen atoms in total. The molecule has 1 saturated heterocycles. The molecule has 0 radical (unpaired) electrons. The van der Waals surface area contributed by atoms with E-state index in [1.54, 1.807) is 29.4 Å². The van der Waals surface area contributed by atoms with E-state index in [1.165, 1.54) is 11.8 Å². The van der Waals surface area contributed by atoms with Crippen LogP contribution in [0.3, 0.4) is 0 Å². The number of nitrogens with one attached hydrogen (secondary N) is 1. The van der Waals surface area contributed by atoms with Gasteiger partial charge in [-0.2, -0.15) is 13.2 Å². The summed E-state index contributed by atoms with van der Waals surface area (Å²) in [4.78, 5) is 50.8. The Morgan fingerprint density at radius 3 is 2.02 bits per heavy atom. The normalized spacial score (nSPS) is 27.8. The number of ether oxygens (including phenoxy) is 3. The molecule has 4 N–H and O–H groups in total. The lowest BCUT2D eigenvalue weighted by molar-refractivity contribution is -0.354. The third kappa shape index (κ3) is 5.44. The first kappa shape index (κ1) is 33.2. The van der Waals surface area contributed by atoms with Crippen LogP contribution in [-0.4, -0.2) is 90.9 Å². The molecule has 1 aliphatic heterocycles. The second kappa shape index (κ2) is 11.8. The number of rotatable bonds is 10. The maximum atomic E-state index is 13.9. The number of hydrogen-bond donors (Lipinski definition) is 4. The summed E-state index contributed by atoms with van der Waals surface area (Å²) in [5, 5.41) is 39.9. The molecule has 0 aliphatic carbocycles. The smallest absolute Gasteiger partial charge is 0.433 e. The number of carbonyl (C=O) groups excluding carboxylic acids is 4. The number of esters is 1. The van der Waals surface area contributed by atoms with Crippen molar-refractivity contribution in [1.82, 2.24) is 10.2 Å². The molecule has 1 fully saturated rings. The molecule has 3 rings (SSSR count). The zero-order chi connectivity index (χ0) is 31.8. The van der Waals surface area contributed by atoms with Crippen LogP contribution in [0.2, 0.25) is 0 Å². The van der Waals surface area contributed by atoms with Gasteiger partial charge in [0.1, 0.15) is 18.4 Å². The fourth-order valence-corrected chi connectivity index (χ4v) is 5.25. The van der Waals surface area contributed by atoms with Gasteiger partial charge in [0, 0.05) is 18.2 Å². The molecule has 1 aromatic carbocycles. The number of carbonyl (C=O) groups is 4.